The van der Waals surface area contributed by atoms with Crippen molar-refractivity contribution in [2.45, 2.75) is 50.0 Å². The Bertz CT molecular complexity index is 838. The number of halogens is 2. The molecule has 1 saturated carbocycles. The maximum Gasteiger partial charge on any atom is 0.244 e. The summed E-state index contributed by atoms with van der Waals surface area (Å²) in [5, 5.41) is 11.7. The molecule has 0 aromatic heterocycles. The Morgan fingerprint density at radius 1 is 1.48 bits per heavy atom. The van der Waals surface area contributed by atoms with Gasteiger partial charge in [0.15, 0.2) is 0 Å². The van der Waals surface area contributed by atoms with Crippen LogP contribution in [0.5, 0.6) is 0 Å². The Morgan fingerprint density at radius 2 is 2.16 bits per heavy atom. The van der Waals surface area contributed by atoms with Gasteiger partial charge in [0.25, 0.3) is 0 Å². The summed E-state index contributed by atoms with van der Waals surface area (Å²) in [4.78, 5) is 10.4. The first kappa shape index (κ1) is 19.6. The molecule has 0 saturated heterocycles. The van der Waals surface area contributed by atoms with Crippen molar-refractivity contribution in [1.82, 2.24) is 4.72 Å². The van der Waals surface area contributed by atoms with Gasteiger partial charge in [0.1, 0.15) is 16.3 Å². The molecule has 6 nitrogen and oxygen atoms in total. The lowest BCUT2D eigenvalue weighted by Crippen LogP contribution is -2.50. The number of carbonyl (C=O) groups excluding carboxylic acids is 1. The fourth-order valence-electron chi connectivity index (χ4n) is 3.10. The van der Waals surface area contributed by atoms with Gasteiger partial charge in [0.05, 0.1) is 16.8 Å². The Labute approximate surface area is 151 Å². The molecule has 0 unspecified atom stereocenters. The van der Waals surface area contributed by atoms with E-state index in [-0.39, 0.29) is 16.6 Å². The lowest BCUT2D eigenvalue weighted by atomic mass is 9.78. The number of hydrogen-bond donors (Lipinski definition) is 2. The molecule has 9 heteroatoms. The van der Waals surface area contributed by atoms with Crippen LogP contribution >= 0.6 is 11.6 Å². The van der Waals surface area contributed by atoms with E-state index in [4.69, 9.17) is 11.6 Å². The van der Waals surface area contributed by atoms with E-state index in [1.54, 1.807) is 0 Å². The number of rotatable bonds is 4. The molecule has 1 aromatic rings. The molecule has 136 valence electrons. The third-order valence-corrected chi connectivity index (χ3v) is 6.03. The summed E-state index contributed by atoms with van der Waals surface area (Å²) in [6, 6.07) is 3.82. The van der Waals surface area contributed by atoms with Crippen LogP contribution < -0.4 is 10.0 Å². The minimum absolute atomic E-state index is 0.0214. The minimum atomic E-state index is -4.30. The molecule has 1 aromatic carbocycles. The summed E-state index contributed by atoms with van der Waals surface area (Å²) in [5.41, 5.74) is -1.28. The van der Waals surface area contributed by atoms with Crippen molar-refractivity contribution in [3.8, 4) is 6.07 Å². The third-order valence-electron chi connectivity index (χ3n) is 4.16. The van der Waals surface area contributed by atoms with Crippen molar-refractivity contribution in [2.24, 2.45) is 5.92 Å². The van der Waals surface area contributed by atoms with Crippen molar-refractivity contribution in [1.29, 1.82) is 5.26 Å². The van der Waals surface area contributed by atoms with E-state index in [2.05, 4.69) is 10.0 Å². The average molecular weight is 388 g/mol. The summed E-state index contributed by atoms with van der Waals surface area (Å²) in [7, 11) is -4.30. The van der Waals surface area contributed by atoms with Crippen LogP contribution in [0, 0.1) is 23.1 Å². The molecule has 1 fully saturated rings. The molecule has 1 aliphatic carbocycles. The Morgan fingerprint density at radius 3 is 2.72 bits per heavy atom. The van der Waals surface area contributed by atoms with Gasteiger partial charge in [-0.1, -0.05) is 31.4 Å². The van der Waals surface area contributed by atoms with Gasteiger partial charge in [-0.15, -0.1) is 0 Å². The van der Waals surface area contributed by atoms with E-state index in [0.29, 0.717) is 19.3 Å². The van der Waals surface area contributed by atoms with Crippen molar-refractivity contribution < 1.29 is 17.6 Å². The second-order valence-electron chi connectivity index (χ2n) is 6.44. The Hall–Kier alpha value is -1.69. The molecule has 0 aliphatic heterocycles. The third kappa shape index (κ3) is 4.48. The molecule has 1 amide bonds. The first-order valence-electron chi connectivity index (χ1n) is 7.80. The normalized spacial score (nSPS) is 23.7. The summed E-state index contributed by atoms with van der Waals surface area (Å²) in [6.07, 6.45) is 2.35. The lowest BCUT2D eigenvalue weighted by Gasteiger charge is -2.34. The van der Waals surface area contributed by atoms with Crippen LogP contribution in [0.15, 0.2) is 17.0 Å². The maximum absolute atomic E-state index is 14.3. The first-order valence-corrected chi connectivity index (χ1v) is 9.66. The predicted octanol–water partition coefficient (Wildman–Crippen LogP) is 3.19. The van der Waals surface area contributed by atoms with Gasteiger partial charge < -0.3 is 5.32 Å². The summed E-state index contributed by atoms with van der Waals surface area (Å²) in [6.45, 7) is 3.17. The highest BCUT2D eigenvalue weighted by atomic mass is 35.5. The summed E-state index contributed by atoms with van der Waals surface area (Å²) >= 11 is 5.95. The van der Waals surface area contributed by atoms with Crippen LogP contribution in [0.25, 0.3) is 0 Å². The van der Waals surface area contributed by atoms with E-state index < -0.39 is 32.2 Å². The van der Waals surface area contributed by atoms with Gasteiger partial charge >= 0.3 is 0 Å². The molecule has 0 radical (unpaired) electrons. The average Bonchev–Trinajstić information content (AvgIpc) is 2.49. The Kier molecular flexibility index (Phi) is 5.72. The molecule has 2 atom stereocenters. The second-order valence-corrected chi connectivity index (χ2v) is 8.50. The van der Waals surface area contributed by atoms with Gasteiger partial charge in [0.2, 0.25) is 15.9 Å². The van der Waals surface area contributed by atoms with Gasteiger partial charge in [-0.3, -0.25) is 4.79 Å². The van der Waals surface area contributed by atoms with Crippen LogP contribution in [-0.2, 0) is 14.8 Å². The number of amides is 1. The molecule has 0 heterocycles. The van der Waals surface area contributed by atoms with Gasteiger partial charge in [-0.2, -0.15) is 9.98 Å². The number of nitrogens with one attached hydrogen (secondary N) is 2. The summed E-state index contributed by atoms with van der Waals surface area (Å²) < 4.78 is 41.9. The van der Waals surface area contributed by atoms with Gasteiger partial charge in [-0.25, -0.2) is 12.8 Å². The zero-order valence-electron chi connectivity index (χ0n) is 13.9. The number of nitriles is 1. The highest BCUT2D eigenvalue weighted by molar-refractivity contribution is 7.89. The van der Waals surface area contributed by atoms with E-state index in [0.717, 1.165) is 18.6 Å². The van der Waals surface area contributed by atoms with Gasteiger partial charge in [-0.05, 0) is 24.8 Å². The molecular formula is C16H19ClFN3O3S. The predicted molar refractivity (Wildman–Crippen MR) is 92.0 cm³/mol. The molecule has 2 rings (SSSR count). The van der Waals surface area contributed by atoms with Crippen LogP contribution in [0.2, 0.25) is 5.02 Å². The van der Waals surface area contributed by atoms with E-state index >= 15 is 0 Å². The molecule has 2 N–H and O–H groups in total. The number of carbonyl (C=O) groups is 1. The van der Waals surface area contributed by atoms with Gasteiger partial charge in [0, 0.05) is 13.0 Å². The maximum atomic E-state index is 14.3. The topological polar surface area (TPSA) is 99.1 Å². The monoisotopic (exact) mass is 387 g/mol. The molecule has 1 aliphatic rings. The van der Waals surface area contributed by atoms with Crippen molar-refractivity contribution in [2.75, 3.05) is 5.32 Å². The molecule has 25 heavy (non-hydrogen) atoms. The molecule has 0 bridgehead atoms. The highest BCUT2D eigenvalue weighted by Gasteiger charge is 2.40. The highest BCUT2D eigenvalue weighted by Crippen LogP contribution is 2.34. The molecule has 0 spiro atoms. The zero-order chi connectivity index (χ0) is 18.8. The Balaban J connectivity index is 2.38. The van der Waals surface area contributed by atoms with E-state index in [9.17, 15) is 22.9 Å². The number of anilines is 1. The van der Waals surface area contributed by atoms with Crippen LogP contribution in [0.1, 0.15) is 39.5 Å². The van der Waals surface area contributed by atoms with E-state index in [1.165, 1.54) is 6.92 Å². The SMILES string of the molecule is CC(=O)Nc1cc(F)c(S(=O)(=O)N[C@@]2(C#N)CCC[C@@H](C)C2)cc1Cl. The fourth-order valence-corrected chi connectivity index (χ4v) is 4.82. The van der Waals surface area contributed by atoms with E-state index in [1.807, 2.05) is 13.0 Å². The smallest absolute Gasteiger partial charge is 0.244 e. The fraction of sp³-hybridized carbons (Fsp3) is 0.500. The van der Waals surface area contributed by atoms with Crippen LogP contribution in [0.4, 0.5) is 10.1 Å². The lowest BCUT2D eigenvalue weighted by molar-refractivity contribution is -0.114. The van der Waals surface area contributed by atoms with Crippen molar-refractivity contribution >= 4 is 33.2 Å². The zero-order valence-corrected chi connectivity index (χ0v) is 15.5. The number of hydrogen-bond acceptors (Lipinski definition) is 4. The first-order chi connectivity index (χ1) is 11.6. The largest absolute Gasteiger partial charge is 0.325 e. The minimum Gasteiger partial charge on any atom is -0.325 e. The number of nitrogens with zero attached hydrogens (tertiary/aromatic N) is 1. The summed E-state index contributed by atoms with van der Waals surface area (Å²) in [5.74, 6) is -1.33. The number of benzene rings is 1. The molecular weight excluding hydrogens is 369 g/mol. The standard InChI is InChI=1S/C16H19ClFN3O3S/c1-10-4-3-5-16(8-10,9-19)21-25(23,24)15-6-12(17)14(7-13(15)18)20-11(2)22/h6-7,10,21H,3-5,8H2,1-2H3,(H,20,22)/t10-,16+/m1/s1. The van der Waals surface area contributed by atoms with Crippen LogP contribution in [-0.4, -0.2) is 19.9 Å². The number of sulfonamides is 1. The second kappa shape index (κ2) is 7.28. The quantitative estimate of drug-likeness (QED) is 0.828. The van der Waals surface area contributed by atoms with Crippen molar-refractivity contribution in [3.63, 3.8) is 0 Å². The van der Waals surface area contributed by atoms with Crippen molar-refractivity contribution in [3.05, 3.63) is 23.0 Å². The van der Waals surface area contributed by atoms with Crippen LogP contribution in [0.3, 0.4) is 0 Å².